The van der Waals surface area contributed by atoms with Gasteiger partial charge in [0.05, 0.1) is 0 Å². The summed E-state index contributed by atoms with van der Waals surface area (Å²) in [4.78, 5) is 0. The summed E-state index contributed by atoms with van der Waals surface area (Å²) in [5, 5.41) is -4.20. The predicted molar refractivity (Wildman–Crippen MR) is 46.6 cm³/mol. The number of alkyl halides is 11. The Morgan fingerprint density at radius 3 is 1.25 bits per heavy atom. The summed E-state index contributed by atoms with van der Waals surface area (Å²) in [7, 11) is -6.68. The van der Waals surface area contributed by atoms with Crippen LogP contribution in [-0.4, -0.2) is 42.8 Å². The Bertz CT molecular complexity index is 628. The van der Waals surface area contributed by atoms with E-state index in [-0.39, 0.29) is 0 Å². The molecule has 0 aromatic carbocycles. The van der Waals surface area contributed by atoms with Crippen LogP contribution in [0.5, 0.6) is 0 Å². The summed E-state index contributed by atoms with van der Waals surface area (Å²) < 4.78 is 189. The van der Waals surface area contributed by atoms with E-state index in [1.807, 2.05) is 0 Å². The van der Waals surface area contributed by atoms with Gasteiger partial charge in [0.2, 0.25) is 5.83 Å². The highest BCUT2D eigenvalue weighted by Crippen LogP contribution is 2.59. The molecule has 0 aromatic rings. The van der Waals surface area contributed by atoms with Crippen LogP contribution in [-0.2, 0) is 10.1 Å². The van der Waals surface area contributed by atoms with Gasteiger partial charge >= 0.3 is 40.0 Å². The van der Waals surface area contributed by atoms with Crippen molar-refractivity contribution in [1.29, 1.82) is 0 Å². The van der Waals surface area contributed by atoms with Gasteiger partial charge in [-0.15, -0.1) is 0 Å². The predicted octanol–water partition coefficient (Wildman–Crippen LogP) is 4.09. The van der Waals surface area contributed by atoms with Crippen molar-refractivity contribution < 1.29 is 70.0 Å². The van der Waals surface area contributed by atoms with E-state index >= 15 is 0 Å². The monoisotopic (exact) mass is 412 g/mol. The van der Waals surface area contributed by atoms with Gasteiger partial charge in [-0.2, -0.15) is 61.1 Å². The lowest BCUT2D eigenvalue weighted by Gasteiger charge is -2.36. The summed E-state index contributed by atoms with van der Waals surface area (Å²) in [5.41, 5.74) is 0. The van der Waals surface area contributed by atoms with Crippen LogP contribution in [0.1, 0.15) is 0 Å². The minimum Gasteiger partial charge on any atom is -0.280 e. The van der Waals surface area contributed by atoms with Crippen molar-refractivity contribution in [3.8, 4) is 0 Å². The molecule has 1 N–H and O–H groups in total. The molecule has 0 amide bonds. The molecule has 0 spiro atoms. The summed E-state index contributed by atoms with van der Waals surface area (Å²) in [5.74, 6) is -36.1. The second-order valence-corrected chi connectivity index (χ2v) is 5.17. The van der Waals surface area contributed by atoms with E-state index < -0.39 is 51.0 Å². The molecule has 0 radical (unpaired) electrons. The van der Waals surface area contributed by atoms with Gasteiger partial charge in [0.15, 0.2) is 0 Å². The Hall–Kier alpha value is -1.26. The maximum atomic E-state index is 12.8. The molecule has 0 rings (SSSR count). The first kappa shape index (κ1) is 22.7. The van der Waals surface area contributed by atoms with Gasteiger partial charge < -0.3 is 0 Å². The van der Waals surface area contributed by atoms with Crippen molar-refractivity contribution in [2.24, 2.45) is 0 Å². The maximum absolute atomic E-state index is 12.8. The Kier molecular flexibility index (Phi) is 5.34. The van der Waals surface area contributed by atoms with Crippen LogP contribution in [0.4, 0.5) is 57.1 Å². The summed E-state index contributed by atoms with van der Waals surface area (Å²) in [6.07, 6.45) is -7.53. The van der Waals surface area contributed by atoms with Crippen molar-refractivity contribution in [1.82, 2.24) is 0 Å². The Morgan fingerprint density at radius 1 is 0.667 bits per heavy atom. The fraction of sp³-hybridized carbons (Fsp3) is 0.714. The largest absolute Gasteiger partial charge is 0.460 e. The Morgan fingerprint density at radius 2 is 1.00 bits per heavy atom. The number of rotatable bonds is 5. The summed E-state index contributed by atoms with van der Waals surface area (Å²) in [6, 6.07) is 0. The highest BCUT2D eigenvalue weighted by atomic mass is 32.2. The SMILES string of the molecule is O=S(=O)(O)/C(F)=C(\F)C(F)(F)C(F)(F)C(F)(F)C(F)(F)C(F)(F)F. The molecule has 0 aliphatic heterocycles. The second-order valence-electron chi connectivity index (χ2n) is 3.86. The first-order chi connectivity index (χ1) is 10.1. The van der Waals surface area contributed by atoms with Crippen LogP contribution in [0.25, 0.3) is 0 Å². The van der Waals surface area contributed by atoms with Crippen LogP contribution >= 0.6 is 0 Å². The van der Waals surface area contributed by atoms with E-state index in [1.54, 1.807) is 0 Å². The standard InChI is InChI=1S/C7HF13O3S/c8-1(2(9)24(21,22)23)3(10,11)4(12,13)5(14,15)6(16,17)7(18,19)20/h(H,21,22,23)/b2-1-. The molecular weight excluding hydrogens is 411 g/mol. The number of halogens is 13. The molecule has 0 bridgehead atoms. The lowest BCUT2D eigenvalue weighted by atomic mass is 9.97. The lowest BCUT2D eigenvalue weighted by Crippen LogP contribution is -2.66. The number of allylic oxidation sites excluding steroid dienone is 1. The van der Waals surface area contributed by atoms with Crippen LogP contribution in [0.3, 0.4) is 0 Å². The van der Waals surface area contributed by atoms with E-state index in [9.17, 15) is 65.5 Å². The van der Waals surface area contributed by atoms with Gasteiger partial charge in [-0.25, -0.2) is 4.39 Å². The van der Waals surface area contributed by atoms with E-state index in [0.717, 1.165) is 0 Å². The normalized spacial score (nSPS) is 16.9. The molecule has 0 aliphatic carbocycles. The molecule has 0 unspecified atom stereocenters. The second kappa shape index (κ2) is 5.63. The third-order valence-electron chi connectivity index (χ3n) is 2.21. The topological polar surface area (TPSA) is 54.4 Å². The highest BCUT2D eigenvalue weighted by molar-refractivity contribution is 7.89. The molecule has 0 heterocycles. The fourth-order valence-electron chi connectivity index (χ4n) is 0.947. The van der Waals surface area contributed by atoms with Crippen molar-refractivity contribution in [2.45, 2.75) is 29.9 Å². The first-order valence-corrected chi connectivity index (χ1v) is 6.12. The van der Waals surface area contributed by atoms with E-state index in [4.69, 9.17) is 4.55 Å². The van der Waals surface area contributed by atoms with E-state index in [2.05, 4.69) is 0 Å². The minimum atomic E-state index is -8.06. The van der Waals surface area contributed by atoms with Crippen LogP contribution in [0.15, 0.2) is 11.0 Å². The molecular formula is C7HF13O3S. The Balaban J connectivity index is 6.53. The molecule has 0 saturated carbocycles. The van der Waals surface area contributed by atoms with Crippen molar-refractivity contribution in [3.63, 3.8) is 0 Å². The summed E-state index contributed by atoms with van der Waals surface area (Å²) >= 11 is 0. The van der Waals surface area contributed by atoms with Crippen molar-refractivity contribution in [2.75, 3.05) is 0 Å². The van der Waals surface area contributed by atoms with Crippen LogP contribution in [0.2, 0.25) is 0 Å². The van der Waals surface area contributed by atoms with Gasteiger partial charge in [-0.1, -0.05) is 0 Å². The maximum Gasteiger partial charge on any atom is 0.460 e. The van der Waals surface area contributed by atoms with Gasteiger partial charge in [0.25, 0.3) is 5.16 Å². The molecule has 144 valence electrons. The molecule has 0 saturated heterocycles. The summed E-state index contributed by atoms with van der Waals surface area (Å²) in [6.45, 7) is 0. The van der Waals surface area contributed by atoms with Crippen molar-refractivity contribution in [3.05, 3.63) is 11.0 Å². The zero-order valence-electron chi connectivity index (χ0n) is 10.1. The van der Waals surface area contributed by atoms with Crippen LogP contribution < -0.4 is 0 Å². The van der Waals surface area contributed by atoms with E-state index in [0.29, 0.717) is 0 Å². The average molecular weight is 412 g/mol. The Labute approximate surface area is 122 Å². The quantitative estimate of drug-likeness (QED) is 0.547. The number of hydrogen-bond donors (Lipinski definition) is 1. The average Bonchev–Trinajstić information content (AvgIpc) is 2.33. The van der Waals surface area contributed by atoms with Gasteiger partial charge in [-0.3, -0.25) is 4.55 Å². The lowest BCUT2D eigenvalue weighted by molar-refractivity contribution is -0.419. The zero-order chi connectivity index (χ0) is 20.2. The smallest absolute Gasteiger partial charge is 0.280 e. The van der Waals surface area contributed by atoms with Gasteiger partial charge in [-0.05, 0) is 0 Å². The molecule has 0 atom stereocenters. The van der Waals surface area contributed by atoms with Gasteiger partial charge in [0, 0.05) is 0 Å². The molecule has 0 fully saturated rings. The molecule has 3 nitrogen and oxygen atoms in total. The molecule has 17 heteroatoms. The first-order valence-electron chi connectivity index (χ1n) is 4.68. The molecule has 0 aromatic heterocycles. The van der Waals surface area contributed by atoms with Crippen molar-refractivity contribution >= 4 is 10.1 Å². The third-order valence-corrected chi connectivity index (χ3v) is 2.85. The third kappa shape index (κ3) is 3.14. The van der Waals surface area contributed by atoms with E-state index in [1.165, 1.54) is 0 Å². The molecule has 24 heavy (non-hydrogen) atoms. The fourth-order valence-corrected chi connectivity index (χ4v) is 1.30. The molecule has 0 aliphatic rings. The zero-order valence-corrected chi connectivity index (χ0v) is 10.9. The van der Waals surface area contributed by atoms with Gasteiger partial charge in [0.1, 0.15) is 0 Å². The minimum absolute atomic E-state index is 4.20. The highest BCUT2D eigenvalue weighted by Gasteiger charge is 2.88. The van der Waals surface area contributed by atoms with Crippen LogP contribution in [0, 0.1) is 0 Å². The number of hydrogen-bond acceptors (Lipinski definition) is 2.